The SMILES string of the molecule is CC(=O)C(=O)O.NC(=O)C1=CN([C@@H]2O[C@H](COP(=O)(O)OP(=O)(O)OC[C@H]3O[C@@H](n4cnc5c(N)ncnc54)[C@H](OP(=O)(O)O)[C@@H]3O)[C@@H](O)[C@H]2O)C=CC1. The van der Waals surface area contributed by atoms with Crippen LogP contribution in [0.5, 0.6) is 0 Å². The van der Waals surface area contributed by atoms with Crippen molar-refractivity contribution in [1.29, 1.82) is 0 Å². The first kappa shape index (κ1) is 43.1. The van der Waals surface area contributed by atoms with Gasteiger partial charge in [-0.1, -0.05) is 6.08 Å². The lowest BCUT2D eigenvalue weighted by molar-refractivity contribution is -0.148. The number of aliphatic hydroxyl groups is 3. The number of ketones is 1. The number of aliphatic hydroxyl groups excluding tert-OH is 3. The van der Waals surface area contributed by atoms with Gasteiger partial charge >= 0.3 is 29.4 Å². The number of Topliss-reactive ketones (excluding diaryl/α,β-unsaturated/α-hetero) is 1. The Labute approximate surface area is 301 Å². The lowest BCUT2D eigenvalue weighted by Crippen LogP contribution is -2.40. The summed E-state index contributed by atoms with van der Waals surface area (Å²) in [6.45, 7) is -1.02. The molecule has 2 aromatic heterocycles. The lowest BCUT2D eigenvalue weighted by atomic mass is 10.1. The zero-order chi connectivity index (χ0) is 40.3. The zero-order valence-corrected chi connectivity index (χ0v) is 30.0. The number of carbonyl (C=O) groups is 3. The molecule has 54 heavy (non-hydrogen) atoms. The largest absolute Gasteiger partial charge is 0.481 e. The summed E-state index contributed by atoms with van der Waals surface area (Å²) in [5.74, 6) is -2.99. The van der Waals surface area contributed by atoms with Crippen LogP contribution in [0.4, 0.5) is 5.82 Å². The fraction of sp³-hybridized carbons (Fsp3) is 0.500. The number of imidazole rings is 1. The first-order valence-corrected chi connectivity index (χ1v) is 19.4. The zero-order valence-electron chi connectivity index (χ0n) is 27.3. The van der Waals surface area contributed by atoms with Crippen LogP contribution in [0.3, 0.4) is 0 Å². The maximum Gasteiger partial charge on any atom is 0.481 e. The van der Waals surface area contributed by atoms with Gasteiger partial charge in [0.15, 0.2) is 23.9 Å². The van der Waals surface area contributed by atoms with E-state index in [0.717, 1.165) is 24.1 Å². The third-order valence-corrected chi connectivity index (χ3v) is 10.5. The molecule has 30 heteroatoms. The van der Waals surface area contributed by atoms with Gasteiger partial charge in [-0.05, 0) is 6.42 Å². The molecular weight excluding hydrogens is 799 g/mol. The normalized spacial score (nSPS) is 29.2. The predicted molar refractivity (Wildman–Crippen MR) is 171 cm³/mol. The van der Waals surface area contributed by atoms with E-state index in [1.165, 1.54) is 23.4 Å². The highest BCUT2D eigenvalue weighted by Gasteiger charge is 2.51. The topological polar surface area (TPSA) is 419 Å². The number of phosphoric ester groups is 3. The number of fused-ring (bicyclic) bond motifs is 1. The lowest BCUT2D eigenvalue weighted by Gasteiger charge is -2.28. The molecule has 5 rings (SSSR count). The summed E-state index contributed by atoms with van der Waals surface area (Å²) in [5.41, 5.74) is 11.3. The van der Waals surface area contributed by atoms with Crippen LogP contribution in [-0.4, -0.2) is 138 Å². The number of primary amides is 1. The van der Waals surface area contributed by atoms with Gasteiger partial charge in [-0.15, -0.1) is 0 Å². The first-order chi connectivity index (χ1) is 25.0. The van der Waals surface area contributed by atoms with Gasteiger partial charge in [-0.25, -0.2) is 33.4 Å². The van der Waals surface area contributed by atoms with E-state index in [4.69, 9.17) is 35.1 Å². The van der Waals surface area contributed by atoms with Gasteiger partial charge in [0.2, 0.25) is 11.7 Å². The number of carboxylic acid groups (broad SMARTS) is 1. The molecule has 3 aliphatic rings. The van der Waals surface area contributed by atoms with Crippen LogP contribution in [0.15, 0.2) is 36.7 Å². The molecule has 0 radical (unpaired) electrons. The van der Waals surface area contributed by atoms with Crippen LogP contribution in [-0.2, 0) is 55.4 Å². The minimum Gasteiger partial charge on any atom is -0.476 e. The molecule has 10 atom stereocenters. The number of nitrogens with zero attached hydrogens (tertiary/aromatic N) is 5. The van der Waals surface area contributed by atoms with Gasteiger partial charge in [0.1, 0.15) is 48.5 Å². The number of carboxylic acids is 1. The number of ether oxygens (including phenoxy) is 2. The Bertz CT molecular complexity index is 1930. The maximum atomic E-state index is 12.6. The molecule has 0 spiro atoms. The number of phosphoric acid groups is 3. The molecule has 0 aliphatic carbocycles. The number of hydrogen-bond acceptors (Lipinski definition) is 20. The van der Waals surface area contributed by atoms with Gasteiger partial charge in [0.25, 0.3) is 0 Å². The molecule has 3 aliphatic heterocycles. The molecule has 0 saturated carbocycles. The molecule has 0 aromatic carbocycles. The molecule has 2 fully saturated rings. The number of allylic oxidation sites excluding steroid dienone is 1. The quantitative estimate of drug-likeness (QED) is 0.0673. The van der Waals surface area contributed by atoms with E-state index in [0.29, 0.717) is 0 Å². The van der Waals surface area contributed by atoms with Crippen molar-refractivity contribution in [3.05, 3.63) is 36.7 Å². The van der Waals surface area contributed by atoms with Crippen molar-refractivity contribution in [2.24, 2.45) is 5.73 Å². The summed E-state index contributed by atoms with van der Waals surface area (Å²) < 4.78 is 67.2. The maximum absolute atomic E-state index is 12.6. The second kappa shape index (κ2) is 17.1. The van der Waals surface area contributed by atoms with Crippen molar-refractivity contribution in [3.8, 4) is 0 Å². The number of aromatic nitrogens is 4. The summed E-state index contributed by atoms with van der Waals surface area (Å²) in [6, 6.07) is 0. The van der Waals surface area contributed by atoms with Gasteiger partial charge < -0.3 is 65.8 Å². The van der Waals surface area contributed by atoms with E-state index in [1.807, 2.05) is 0 Å². The van der Waals surface area contributed by atoms with Crippen LogP contribution in [0.2, 0.25) is 0 Å². The summed E-state index contributed by atoms with van der Waals surface area (Å²) in [6.07, 6.45) is -6.47. The predicted octanol–water partition coefficient (Wildman–Crippen LogP) is -2.91. The van der Waals surface area contributed by atoms with E-state index in [9.17, 15) is 63.0 Å². The Balaban J connectivity index is 0.000001000. The second-order valence-corrected chi connectivity index (χ2v) is 15.5. The highest BCUT2D eigenvalue weighted by Crippen LogP contribution is 2.61. The molecule has 300 valence electrons. The summed E-state index contributed by atoms with van der Waals surface area (Å²) in [4.78, 5) is 82.3. The number of nitrogens with two attached hydrogens (primary N) is 2. The van der Waals surface area contributed by atoms with Crippen molar-refractivity contribution in [2.45, 2.75) is 62.4 Å². The average Bonchev–Trinajstić information content (AvgIpc) is 3.72. The average molecular weight is 833 g/mol. The minimum atomic E-state index is -5.52. The van der Waals surface area contributed by atoms with Crippen LogP contribution < -0.4 is 11.5 Å². The Morgan fingerprint density at radius 3 is 2.06 bits per heavy atom. The Kier molecular flexibility index (Phi) is 13.6. The smallest absolute Gasteiger partial charge is 0.476 e. The molecule has 27 nitrogen and oxygen atoms in total. The molecule has 2 unspecified atom stereocenters. The van der Waals surface area contributed by atoms with E-state index in [-0.39, 0.29) is 29.0 Å². The highest BCUT2D eigenvalue weighted by molar-refractivity contribution is 7.61. The summed E-state index contributed by atoms with van der Waals surface area (Å²) >= 11 is 0. The van der Waals surface area contributed by atoms with Gasteiger partial charge in [0, 0.05) is 24.9 Å². The molecule has 2 aromatic rings. The van der Waals surface area contributed by atoms with Crippen molar-refractivity contribution in [3.63, 3.8) is 0 Å². The summed E-state index contributed by atoms with van der Waals surface area (Å²) in [5, 5.41) is 39.2. The fourth-order valence-corrected chi connectivity index (χ4v) is 7.57. The number of rotatable bonds is 14. The summed E-state index contributed by atoms with van der Waals surface area (Å²) in [7, 11) is -16.3. The van der Waals surface area contributed by atoms with Crippen molar-refractivity contribution >= 4 is 58.1 Å². The number of aliphatic carboxylic acids is 1. The number of nitrogen functional groups attached to an aromatic ring is 1. The third kappa shape index (κ3) is 10.8. The molecule has 5 heterocycles. The molecule has 2 saturated heterocycles. The molecule has 0 bridgehead atoms. The van der Waals surface area contributed by atoms with Gasteiger partial charge in [-0.3, -0.25) is 27.7 Å². The number of amides is 1. The van der Waals surface area contributed by atoms with Crippen molar-refractivity contribution in [2.75, 3.05) is 18.9 Å². The standard InChI is InChI=1S/C21H30N7O17P3.C3H4O3/c22-17-12-19(25-7-24-17)28(8-26-12)21-16(44-46(33,34)35)14(30)11(43-21)6-41-48(38,39)45-47(36,37)40-5-10-13(29)15(31)20(42-10)27-3-1-2-9(4-27)18(23)32;1-2(4)3(5)6/h1,3-4,7-8,10-11,13-16,20-21,29-31H,2,5-6H2,(H2,23,32)(H,36,37)(H,38,39)(H2,22,24,25)(H2,33,34,35);1H3,(H,5,6)/t10-,11-,13-,14-,15-,16-,20-,21-;/m1./s1. The van der Waals surface area contributed by atoms with Crippen LogP contribution in [0.25, 0.3) is 11.2 Å². The van der Waals surface area contributed by atoms with Crippen LogP contribution in [0.1, 0.15) is 19.6 Å². The fourth-order valence-electron chi connectivity index (χ4n) is 4.93. The molecule has 1 amide bonds. The second-order valence-electron chi connectivity index (χ2n) is 11.3. The van der Waals surface area contributed by atoms with E-state index < -0.39 is 103 Å². The van der Waals surface area contributed by atoms with Crippen molar-refractivity contribution < 1.29 is 95.4 Å². The minimum absolute atomic E-state index is 0.00424. The highest BCUT2D eigenvalue weighted by atomic mass is 31.3. The van der Waals surface area contributed by atoms with E-state index >= 15 is 0 Å². The van der Waals surface area contributed by atoms with Gasteiger partial charge in [0.05, 0.1) is 19.5 Å². The molecular formula is C24H34N7O20P3. The van der Waals surface area contributed by atoms with E-state index in [1.54, 1.807) is 0 Å². The number of anilines is 1. The van der Waals surface area contributed by atoms with Crippen molar-refractivity contribution in [1.82, 2.24) is 24.4 Å². The van der Waals surface area contributed by atoms with Crippen LogP contribution >= 0.6 is 23.5 Å². The number of carbonyl (C=O) groups excluding carboxylic acids is 2. The Morgan fingerprint density at radius 2 is 1.50 bits per heavy atom. The van der Waals surface area contributed by atoms with Crippen LogP contribution in [0, 0.1) is 0 Å². The van der Waals surface area contributed by atoms with Gasteiger partial charge in [-0.2, -0.15) is 4.31 Å². The van der Waals surface area contributed by atoms with E-state index in [2.05, 4.69) is 23.8 Å². The Hall–Kier alpha value is -3.59. The monoisotopic (exact) mass is 833 g/mol. The number of hydrogen-bond donors (Lipinski definition) is 10. The third-order valence-electron chi connectivity index (χ3n) is 7.41. The first-order valence-electron chi connectivity index (χ1n) is 14.9. The molecule has 12 N–H and O–H groups in total. The Morgan fingerprint density at radius 1 is 0.926 bits per heavy atom.